The van der Waals surface area contributed by atoms with E-state index in [9.17, 15) is 9.59 Å². The second-order valence-electron chi connectivity index (χ2n) is 7.46. The van der Waals surface area contributed by atoms with Crippen LogP contribution in [0.5, 0.6) is 11.5 Å². The number of carbonyl (C=O) groups is 2. The fraction of sp³-hybridized carbons (Fsp3) is 0.440. The molecule has 7 heteroatoms. The number of carbonyl (C=O) groups excluding carboxylic acids is 2. The minimum Gasteiger partial charge on any atom is -0.497 e. The van der Waals surface area contributed by atoms with E-state index in [0.29, 0.717) is 31.0 Å². The van der Waals surface area contributed by atoms with Crippen molar-refractivity contribution in [2.24, 2.45) is 0 Å². The number of rotatable bonds is 13. The average molecular weight is 461 g/mol. The molecular formula is C25H33ClN2O4. The standard InChI is InChI=1S/C25H33ClN2O4/c1-4-16-27-25(30)23(5-2)28(18-19-9-6-7-10-22(19)26)24(29)11-8-17-32-21-14-12-20(31-3)13-15-21/h6-7,9-10,12-15,23H,4-5,8,11,16-18H2,1-3H3,(H,27,30)/t23-/m1/s1. The zero-order valence-corrected chi connectivity index (χ0v) is 19.9. The van der Waals surface area contributed by atoms with Gasteiger partial charge in [0.05, 0.1) is 13.7 Å². The molecule has 174 valence electrons. The largest absolute Gasteiger partial charge is 0.497 e. The van der Waals surface area contributed by atoms with Gasteiger partial charge in [-0.05, 0) is 55.2 Å². The van der Waals surface area contributed by atoms with E-state index in [2.05, 4.69) is 5.32 Å². The number of amides is 2. The van der Waals surface area contributed by atoms with Crippen molar-refractivity contribution in [3.05, 3.63) is 59.1 Å². The summed E-state index contributed by atoms with van der Waals surface area (Å²) in [5.41, 5.74) is 0.818. The van der Waals surface area contributed by atoms with E-state index in [1.165, 1.54) is 0 Å². The normalized spacial score (nSPS) is 11.5. The molecular weight excluding hydrogens is 428 g/mol. The Hall–Kier alpha value is -2.73. The summed E-state index contributed by atoms with van der Waals surface area (Å²) in [5.74, 6) is 1.25. The van der Waals surface area contributed by atoms with Gasteiger partial charge in [-0.25, -0.2) is 0 Å². The van der Waals surface area contributed by atoms with Gasteiger partial charge in [0.2, 0.25) is 11.8 Å². The number of halogens is 1. The van der Waals surface area contributed by atoms with Crippen LogP contribution in [0.2, 0.25) is 5.02 Å². The molecule has 2 aromatic rings. The first kappa shape index (κ1) is 25.5. The van der Waals surface area contributed by atoms with Crippen LogP contribution >= 0.6 is 11.6 Å². The predicted octanol–water partition coefficient (Wildman–Crippen LogP) is 4.84. The second kappa shape index (κ2) is 13.6. The monoisotopic (exact) mass is 460 g/mol. The van der Waals surface area contributed by atoms with Crippen LogP contribution in [0.1, 0.15) is 45.1 Å². The summed E-state index contributed by atoms with van der Waals surface area (Å²) in [4.78, 5) is 27.6. The van der Waals surface area contributed by atoms with Crippen molar-refractivity contribution in [1.82, 2.24) is 10.2 Å². The number of ether oxygens (including phenoxy) is 2. The van der Waals surface area contributed by atoms with Gasteiger partial charge >= 0.3 is 0 Å². The molecule has 0 spiro atoms. The first-order chi connectivity index (χ1) is 15.5. The fourth-order valence-electron chi connectivity index (χ4n) is 3.32. The Morgan fingerprint density at radius 3 is 2.38 bits per heavy atom. The van der Waals surface area contributed by atoms with Crippen LogP contribution in [0, 0.1) is 0 Å². The summed E-state index contributed by atoms with van der Waals surface area (Å²) in [6, 6.07) is 14.2. The second-order valence-corrected chi connectivity index (χ2v) is 7.86. The topological polar surface area (TPSA) is 67.9 Å². The van der Waals surface area contributed by atoms with Gasteiger partial charge in [0.1, 0.15) is 17.5 Å². The van der Waals surface area contributed by atoms with Crippen molar-refractivity contribution in [3.63, 3.8) is 0 Å². The number of benzene rings is 2. The molecule has 2 rings (SSSR count). The summed E-state index contributed by atoms with van der Waals surface area (Å²) in [5, 5.41) is 3.50. The highest BCUT2D eigenvalue weighted by atomic mass is 35.5. The van der Waals surface area contributed by atoms with Crippen LogP contribution in [0.4, 0.5) is 0 Å². The summed E-state index contributed by atoms with van der Waals surface area (Å²) in [6.07, 6.45) is 2.17. The lowest BCUT2D eigenvalue weighted by Gasteiger charge is -2.31. The molecule has 1 atom stereocenters. The highest BCUT2D eigenvalue weighted by Gasteiger charge is 2.28. The lowest BCUT2D eigenvalue weighted by atomic mass is 10.1. The maximum absolute atomic E-state index is 13.2. The third-order valence-corrected chi connectivity index (χ3v) is 5.47. The third-order valence-electron chi connectivity index (χ3n) is 5.10. The zero-order chi connectivity index (χ0) is 23.3. The molecule has 6 nitrogen and oxygen atoms in total. The number of methoxy groups -OCH3 is 1. The maximum atomic E-state index is 13.2. The Bertz CT molecular complexity index is 857. The van der Waals surface area contributed by atoms with E-state index in [0.717, 1.165) is 23.5 Å². The smallest absolute Gasteiger partial charge is 0.242 e. The van der Waals surface area contributed by atoms with Crippen LogP contribution in [-0.4, -0.2) is 43.0 Å². The molecule has 1 N–H and O–H groups in total. The number of hydrogen-bond acceptors (Lipinski definition) is 4. The van der Waals surface area contributed by atoms with Crippen LogP contribution < -0.4 is 14.8 Å². The lowest BCUT2D eigenvalue weighted by Crippen LogP contribution is -2.49. The lowest BCUT2D eigenvalue weighted by molar-refractivity contribution is -0.141. The van der Waals surface area contributed by atoms with Crippen molar-refractivity contribution in [2.75, 3.05) is 20.3 Å². The molecule has 2 aromatic carbocycles. The Labute approximate surface area is 195 Å². The van der Waals surface area contributed by atoms with Gasteiger partial charge in [-0.2, -0.15) is 0 Å². The zero-order valence-electron chi connectivity index (χ0n) is 19.1. The maximum Gasteiger partial charge on any atom is 0.242 e. The van der Waals surface area contributed by atoms with Crippen LogP contribution in [-0.2, 0) is 16.1 Å². The molecule has 32 heavy (non-hydrogen) atoms. The van der Waals surface area contributed by atoms with Gasteiger partial charge in [-0.3, -0.25) is 9.59 Å². The third kappa shape index (κ3) is 7.75. The molecule has 0 saturated heterocycles. The van der Waals surface area contributed by atoms with Crippen LogP contribution in [0.3, 0.4) is 0 Å². The van der Waals surface area contributed by atoms with E-state index < -0.39 is 6.04 Å². The van der Waals surface area contributed by atoms with Crippen molar-refractivity contribution >= 4 is 23.4 Å². The summed E-state index contributed by atoms with van der Waals surface area (Å²) in [6.45, 7) is 5.18. The first-order valence-corrected chi connectivity index (χ1v) is 11.4. The van der Waals surface area contributed by atoms with Gasteiger partial charge < -0.3 is 19.7 Å². The first-order valence-electron chi connectivity index (χ1n) is 11.1. The summed E-state index contributed by atoms with van der Waals surface area (Å²) in [7, 11) is 1.61. The molecule has 0 unspecified atom stereocenters. The molecule has 0 aliphatic heterocycles. The Morgan fingerprint density at radius 1 is 1.06 bits per heavy atom. The van der Waals surface area contributed by atoms with E-state index in [4.69, 9.17) is 21.1 Å². The van der Waals surface area contributed by atoms with E-state index >= 15 is 0 Å². The predicted molar refractivity (Wildman–Crippen MR) is 127 cm³/mol. The number of nitrogens with zero attached hydrogens (tertiary/aromatic N) is 1. The highest BCUT2D eigenvalue weighted by molar-refractivity contribution is 6.31. The van der Waals surface area contributed by atoms with Crippen molar-refractivity contribution in [2.45, 2.75) is 52.1 Å². The Kier molecular flexibility index (Phi) is 10.9. The molecule has 0 heterocycles. The van der Waals surface area contributed by atoms with Gasteiger partial charge in [0, 0.05) is 24.5 Å². The van der Waals surface area contributed by atoms with Gasteiger partial charge in [-0.15, -0.1) is 0 Å². The van der Waals surface area contributed by atoms with E-state index in [1.54, 1.807) is 18.1 Å². The van der Waals surface area contributed by atoms with Crippen molar-refractivity contribution < 1.29 is 19.1 Å². The molecule has 0 bridgehead atoms. The Balaban J connectivity index is 2.03. The van der Waals surface area contributed by atoms with Crippen LogP contribution in [0.15, 0.2) is 48.5 Å². The van der Waals surface area contributed by atoms with Gasteiger partial charge in [0.25, 0.3) is 0 Å². The molecule has 0 saturated carbocycles. The molecule has 0 aliphatic carbocycles. The summed E-state index contributed by atoms with van der Waals surface area (Å²) < 4.78 is 10.9. The van der Waals surface area contributed by atoms with Crippen LogP contribution in [0.25, 0.3) is 0 Å². The number of hydrogen-bond donors (Lipinski definition) is 1. The molecule has 0 aliphatic rings. The number of nitrogens with one attached hydrogen (secondary N) is 1. The average Bonchev–Trinajstić information content (AvgIpc) is 2.81. The Morgan fingerprint density at radius 2 is 1.75 bits per heavy atom. The highest BCUT2D eigenvalue weighted by Crippen LogP contribution is 2.21. The minimum atomic E-state index is -0.548. The van der Waals surface area contributed by atoms with Gasteiger partial charge in [-0.1, -0.05) is 43.6 Å². The minimum absolute atomic E-state index is 0.0956. The SMILES string of the molecule is CCCNC(=O)[C@@H](CC)N(Cc1ccccc1Cl)C(=O)CCCOc1ccc(OC)cc1. The molecule has 0 aromatic heterocycles. The quantitative estimate of drug-likeness (QED) is 0.434. The summed E-state index contributed by atoms with van der Waals surface area (Å²) >= 11 is 6.33. The molecule has 0 radical (unpaired) electrons. The molecule has 0 fully saturated rings. The fourth-order valence-corrected chi connectivity index (χ4v) is 3.52. The molecule has 2 amide bonds. The van der Waals surface area contributed by atoms with E-state index in [-0.39, 0.29) is 24.8 Å². The van der Waals surface area contributed by atoms with Crippen molar-refractivity contribution in [3.8, 4) is 11.5 Å². The van der Waals surface area contributed by atoms with Gasteiger partial charge in [0.15, 0.2) is 0 Å². The van der Waals surface area contributed by atoms with Crippen molar-refractivity contribution in [1.29, 1.82) is 0 Å². The van der Waals surface area contributed by atoms with E-state index in [1.807, 2.05) is 56.3 Å².